The second-order valence-corrected chi connectivity index (χ2v) is 6.47. The number of fused-ring (bicyclic) bond motifs is 1. The van der Waals surface area contributed by atoms with Gasteiger partial charge in [0, 0.05) is 18.1 Å². The summed E-state index contributed by atoms with van der Waals surface area (Å²) in [5.41, 5.74) is -0.765. The Morgan fingerprint density at radius 2 is 1.85 bits per heavy atom. The molecule has 142 valence electrons. The smallest absolute Gasteiger partial charge is 0.366 e. The molecule has 10 heteroatoms. The van der Waals surface area contributed by atoms with E-state index in [1.807, 2.05) is 0 Å². The Morgan fingerprint density at radius 1 is 1.26 bits per heavy atom. The van der Waals surface area contributed by atoms with E-state index in [2.05, 4.69) is 0 Å². The van der Waals surface area contributed by atoms with E-state index in [-0.39, 0.29) is 11.3 Å². The van der Waals surface area contributed by atoms with Crippen molar-refractivity contribution in [3.05, 3.63) is 51.4 Å². The zero-order valence-corrected chi connectivity index (χ0v) is 14.4. The molecule has 0 bridgehead atoms. The Bertz CT molecular complexity index is 873. The molecule has 1 fully saturated rings. The molecule has 4 atom stereocenters. The zero-order valence-electron chi connectivity index (χ0n) is 14.4. The first kappa shape index (κ1) is 18.5. The number of carbonyl (C=O) groups excluding carboxylic acids is 3. The van der Waals surface area contributed by atoms with E-state index in [9.17, 15) is 34.7 Å². The number of rotatable bonds is 4. The molecular weight excluding hydrogens is 360 g/mol. The molecule has 1 aromatic rings. The highest BCUT2D eigenvalue weighted by Crippen LogP contribution is 2.46. The van der Waals surface area contributed by atoms with Crippen LogP contribution in [0.4, 0.5) is 5.69 Å². The number of hydrogen-bond acceptors (Lipinski definition) is 8. The van der Waals surface area contributed by atoms with Crippen molar-refractivity contribution in [2.45, 2.75) is 26.0 Å². The summed E-state index contributed by atoms with van der Waals surface area (Å²) < 4.78 is 4.71. The molecule has 0 unspecified atom stereocenters. The molecule has 2 aliphatic rings. The Labute approximate surface area is 152 Å². The third-order valence-corrected chi connectivity index (χ3v) is 4.83. The number of β-lactam (4-membered cyclic amide) rings is 1. The fourth-order valence-electron chi connectivity index (χ4n) is 3.43. The van der Waals surface area contributed by atoms with E-state index in [1.165, 1.54) is 6.92 Å². The second-order valence-electron chi connectivity index (χ2n) is 6.47. The number of nitro benzene ring substituents is 1. The highest BCUT2D eigenvalue weighted by molar-refractivity contribution is 6.06. The largest absolute Gasteiger partial charge is 0.509 e. The van der Waals surface area contributed by atoms with Crippen LogP contribution in [-0.4, -0.2) is 50.0 Å². The van der Waals surface area contributed by atoms with E-state index in [0.717, 1.165) is 29.2 Å². The Kier molecular flexibility index (Phi) is 4.44. The van der Waals surface area contributed by atoms with Gasteiger partial charge in [0.2, 0.25) is 5.91 Å². The maximum atomic E-state index is 12.3. The van der Waals surface area contributed by atoms with Crippen molar-refractivity contribution in [3.63, 3.8) is 0 Å². The fourth-order valence-corrected chi connectivity index (χ4v) is 3.43. The van der Waals surface area contributed by atoms with Crippen molar-refractivity contribution in [1.82, 2.24) is 4.90 Å². The van der Waals surface area contributed by atoms with Gasteiger partial charge in [-0.15, -0.1) is 0 Å². The van der Waals surface area contributed by atoms with Gasteiger partial charge in [-0.3, -0.25) is 19.8 Å². The highest BCUT2D eigenvalue weighted by Gasteiger charge is 2.60. The first-order chi connectivity index (χ1) is 12.6. The van der Waals surface area contributed by atoms with Crippen molar-refractivity contribution in [3.8, 4) is 0 Å². The number of benzene rings is 1. The van der Waals surface area contributed by atoms with Crippen LogP contribution >= 0.6 is 0 Å². The van der Waals surface area contributed by atoms with Crippen LogP contribution in [0.3, 0.4) is 0 Å². The van der Waals surface area contributed by atoms with Crippen molar-refractivity contribution >= 4 is 23.5 Å². The molecule has 1 aromatic carbocycles. The molecule has 2 aliphatic heterocycles. The number of amides is 1. The Morgan fingerprint density at radius 3 is 2.37 bits per heavy atom. The molecule has 3 rings (SSSR count). The quantitative estimate of drug-likeness (QED) is 0.259. The van der Waals surface area contributed by atoms with Gasteiger partial charge in [-0.05, 0) is 19.1 Å². The van der Waals surface area contributed by atoms with Gasteiger partial charge in [0.05, 0.1) is 28.6 Å². The van der Waals surface area contributed by atoms with Crippen molar-refractivity contribution in [2.75, 3.05) is 0 Å². The van der Waals surface area contributed by atoms with E-state index >= 15 is 0 Å². The summed E-state index contributed by atoms with van der Waals surface area (Å²) in [4.78, 5) is 47.7. The van der Waals surface area contributed by atoms with Gasteiger partial charge in [0.1, 0.15) is 5.76 Å². The first-order valence-corrected chi connectivity index (χ1v) is 8.10. The van der Waals surface area contributed by atoms with Crippen LogP contribution < -0.4 is 0 Å². The number of nitrogens with zero attached hydrogens (tertiary/aromatic N) is 2. The molecule has 1 saturated heterocycles. The zero-order chi connectivity index (χ0) is 20.0. The minimum atomic E-state index is -1.21. The predicted molar refractivity (Wildman–Crippen MR) is 88.1 cm³/mol. The van der Waals surface area contributed by atoms with Crippen LogP contribution in [0.15, 0.2) is 35.7 Å². The third-order valence-electron chi connectivity index (χ3n) is 4.83. The molecular formula is C17H16N2O8. The van der Waals surface area contributed by atoms with E-state index in [1.54, 1.807) is 6.92 Å². The summed E-state index contributed by atoms with van der Waals surface area (Å²) in [5, 5.41) is 30.6. The second kappa shape index (κ2) is 6.47. The van der Waals surface area contributed by atoms with Gasteiger partial charge in [-0.2, -0.15) is 0 Å². The molecule has 0 aromatic heterocycles. The van der Waals surface area contributed by atoms with Crippen LogP contribution in [0.1, 0.15) is 24.2 Å². The summed E-state index contributed by atoms with van der Waals surface area (Å²) in [6.45, 7) is 3.03. The molecule has 10 nitrogen and oxygen atoms in total. The maximum absolute atomic E-state index is 12.3. The lowest BCUT2D eigenvalue weighted by Crippen LogP contribution is -2.63. The van der Waals surface area contributed by atoms with Crippen LogP contribution in [-0.2, 0) is 14.3 Å². The van der Waals surface area contributed by atoms with Crippen molar-refractivity contribution in [1.29, 1.82) is 0 Å². The lowest BCUT2D eigenvalue weighted by atomic mass is 9.79. The fraction of sp³-hybridized carbons (Fsp3) is 0.353. The number of ether oxygens (including phenoxy) is 1. The van der Waals surface area contributed by atoms with E-state index in [4.69, 9.17) is 4.74 Å². The summed E-state index contributed by atoms with van der Waals surface area (Å²) in [6.07, 6.45) is -0.953. The molecule has 0 aliphatic carbocycles. The molecule has 1 amide bonds. The number of nitro groups is 1. The van der Waals surface area contributed by atoms with Crippen LogP contribution in [0, 0.1) is 22.0 Å². The highest BCUT2D eigenvalue weighted by atomic mass is 16.6. The number of hydrogen-bond donors (Lipinski definition) is 2. The van der Waals surface area contributed by atoms with Gasteiger partial charge >= 0.3 is 11.9 Å². The SMILES string of the molecule is C[C@@H](O)[C@H]1C(=O)N2C(C(=O)OC(=O)c3ccc([N+](=O)[O-])cc3)=C(O)[C@H](C)[C@H]12. The van der Waals surface area contributed by atoms with Crippen LogP contribution in [0.5, 0.6) is 0 Å². The summed E-state index contributed by atoms with van der Waals surface area (Å²) in [6, 6.07) is 3.82. The molecule has 2 N–H and O–H groups in total. The monoisotopic (exact) mass is 376 g/mol. The standard InChI is InChI=1S/C17H16N2O8/c1-7-12-11(8(2)20)15(22)18(12)13(14(7)21)17(24)27-16(23)9-3-5-10(6-4-9)19(25)26/h3-8,11-12,20-21H,1-2H3/t7-,8-,11-,12-/m1/s1. The minimum Gasteiger partial charge on any atom is -0.509 e. The van der Waals surface area contributed by atoms with Crippen molar-refractivity contribution in [2.24, 2.45) is 11.8 Å². The summed E-state index contributed by atoms with van der Waals surface area (Å²) in [5.74, 6) is -4.57. The van der Waals surface area contributed by atoms with Gasteiger partial charge in [0.15, 0.2) is 5.70 Å². The number of non-ortho nitro benzene ring substituents is 1. The van der Waals surface area contributed by atoms with Gasteiger partial charge in [-0.25, -0.2) is 9.59 Å². The normalized spacial score (nSPS) is 24.9. The number of aliphatic hydroxyl groups excluding tert-OH is 2. The predicted octanol–water partition coefficient (Wildman–Crippen LogP) is 0.905. The number of carbonyl (C=O) groups is 3. The Balaban J connectivity index is 1.77. The van der Waals surface area contributed by atoms with E-state index in [0.29, 0.717) is 0 Å². The first-order valence-electron chi connectivity index (χ1n) is 8.10. The van der Waals surface area contributed by atoms with Crippen LogP contribution in [0.25, 0.3) is 0 Å². The molecule has 0 spiro atoms. The molecule has 0 saturated carbocycles. The van der Waals surface area contributed by atoms with Crippen LogP contribution in [0.2, 0.25) is 0 Å². The average molecular weight is 376 g/mol. The molecule has 2 heterocycles. The Hall–Kier alpha value is -3.27. The van der Waals surface area contributed by atoms with Crippen molar-refractivity contribution < 1.29 is 34.3 Å². The summed E-state index contributed by atoms with van der Waals surface area (Å²) in [7, 11) is 0. The minimum absolute atomic E-state index is 0.103. The molecule has 27 heavy (non-hydrogen) atoms. The number of aliphatic hydroxyl groups is 2. The maximum Gasteiger partial charge on any atom is 0.366 e. The van der Waals surface area contributed by atoms with Gasteiger partial charge in [-0.1, -0.05) is 6.92 Å². The lowest BCUT2D eigenvalue weighted by molar-refractivity contribution is -0.384. The average Bonchev–Trinajstić information content (AvgIpc) is 2.83. The number of esters is 2. The van der Waals surface area contributed by atoms with Gasteiger partial charge < -0.3 is 14.9 Å². The van der Waals surface area contributed by atoms with Gasteiger partial charge in [0.25, 0.3) is 5.69 Å². The topological polar surface area (TPSA) is 147 Å². The summed E-state index contributed by atoms with van der Waals surface area (Å²) >= 11 is 0. The van der Waals surface area contributed by atoms with E-state index < -0.39 is 58.2 Å². The molecule has 0 radical (unpaired) electrons. The lowest BCUT2D eigenvalue weighted by Gasteiger charge is -2.46. The third kappa shape index (κ3) is 2.83.